The summed E-state index contributed by atoms with van der Waals surface area (Å²) in [6.07, 6.45) is 5.52. The van der Waals surface area contributed by atoms with E-state index in [1.165, 1.54) is 0 Å². The number of hydrogen-bond acceptors (Lipinski definition) is 3. The maximum atomic E-state index is 12.2. The Balaban J connectivity index is 0.00000160. The molecule has 156 valence electrons. The molecule has 0 saturated carbocycles. The Morgan fingerprint density at radius 2 is 1.80 bits per heavy atom. The van der Waals surface area contributed by atoms with Crippen LogP contribution in [0.4, 0.5) is 0 Å². The standard InChI is InChI=1S/C23H21N2O3.2CH4/c1-24-12-5-8-20(15-24)23(26)28-17-25-13-11-19-14-21(9-10-22(19)25)27-16-18-6-3-2-4-7-18;;/h2-15H,16-17H2,1H3;2*1H4/q+1;;. The van der Waals surface area contributed by atoms with E-state index >= 15 is 0 Å². The molecule has 5 nitrogen and oxygen atoms in total. The predicted molar refractivity (Wildman–Crippen MR) is 119 cm³/mol. The number of rotatable bonds is 6. The van der Waals surface area contributed by atoms with E-state index in [-0.39, 0.29) is 27.6 Å². The lowest BCUT2D eigenvalue weighted by atomic mass is 10.2. The Hall–Kier alpha value is -3.60. The zero-order valence-electron chi connectivity index (χ0n) is 15.6. The quantitative estimate of drug-likeness (QED) is 0.330. The second-order valence-electron chi connectivity index (χ2n) is 6.60. The van der Waals surface area contributed by atoms with Crippen LogP contribution in [-0.2, 0) is 25.1 Å². The maximum Gasteiger partial charge on any atom is 0.345 e. The Bertz CT molecular complexity index is 1100. The number of fused-ring (bicyclic) bond motifs is 1. The van der Waals surface area contributed by atoms with Gasteiger partial charge >= 0.3 is 5.97 Å². The number of ether oxygens (including phenoxy) is 2. The van der Waals surface area contributed by atoms with Crippen LogP contribution in [0.25, 0.3) is 10.9 Å². The van der Waals surface area contributed by atoms with Crippen LogP contribution >= 0.6 is 0 Å². The van der Waals surface area contributed by atoms with Gasteiger partial charge in [-0.2, -0.15) is 0 Å². The zero-order chi connectivity index (χ0) is 19.3. The van der Waals surface area contributed by atoms with Gasteiger partial charge in [-0.15, -0.1) is 0 Å². The number of carbonyl (C=O) groups is 1. The minimum Gasteiger partial charge on any atom is -0.489 e. The largest absolute Gasteiger partial charge is 0.489 e. The second-order valence-corrected chi connectivity index (χ2v) is 6.60. The molecular formula is C25H29N2O3+. The first kappa shape index (κ1) is 22.7. The fourth-order valence-electron chi connectivity index (χ4n) is 3.04. The number of nitrogens with zero attached hydrogens (tertiary/aromatic N) is 2. The van der Waals surface area contributed by atoms with Crippen molar-refractivity contribution in [3.63, 3.8) is 0 Å². The summed E-state index contributed by atoms with van der Waals surface area (Å²) >= 11 is 0. The van der Waals surface area contributed by atoms with Gasteiger partial charge in [0.1, 0.15) is 25.0 Å². The summed E-state index contributed by atoms with van der Waals surface area (Å²) in [6, 6.07) is 21.5. The van der Waals surface area contributed by atoms with E-state index in [2.05, 4.69) is 0 Å². The first-order chi connectivity index (χ1) is 13.7. The third kappa shape index (κ3) is 5.26. The van der Waals surface area contributed by atoms with Crippen molar-refractivity contribution in [2.45, 2.75) is 28.2 Å². The van der Waals surface area contributed by atoms with E-state index in [1.54, 1.807) is 12.3 Å². The fourth-order valence-corrected chi connectivity index (χ4v) is 3.04. The molecule has 5 heteroatoms. The SMILES string of the molecule is C.C.C[n+]1cccc(C(=O)OCn2ccc3cc(OCc4ccccc4)ccc32)c1. The summed E-state index contributed by atoms with van der Waals surface area (Å²) in [4.78, 5) is 12.2. The van der Waals surface area contributed by atoms with Crippen LogP contribution in [0.3, 0.4) is 0 Å². The molecule has 0 bridgehead atoms. The first-order valence-electron chi connectivity index (χ1n) is 9.07. The van der Waals surface area contributed by atoms with Crippen LogP contribution in [0.2, 0.25) is 0 Å². The van der Waals surface area contributed by atoms with E-state index < -0.39 is 0 Å². The summed E-state index contributed by atoms with van der Waals surface area (Å²) in [5, 5.41) is 1.03. The van der Waals surface area contributed by atoms with Crippen molar-refractivity contribution >= 4 is 16.9 Å². The zero-order valence-corrected chi connectivity index (χ0v) is 15.6. The highest BCUT2D eigenvalue weighted by Gasteiger charge is 2.11. The van der Waals surface area contributed by atoms with Crippen molar-refractivity contribution in [2.24, 2.45) is 7.05 Å². The van der Waals surface area contributed by atoms with Gasteiger partial charge in [-0.05, 0) is 35.9 Å². The number of benzene rings is 2. The van der Waals surface area contributed by atoms with Gasteiger partial charge < -0.3 is 14.0 Å². The van der Waals surface area contributed by atoms with Crippen LogP contribution in [-0.4, -0.2) is 10.5 Å². The molecule has 2 aromatic carbocycles. The highest BCUT2D eigenvalue weighted by atomic mass is 16.5. The van der Waals surface area contributed by atoms with Crippen LogP contribution in [0.5, 0.6) is 5.75 Å². The van der Waals surface area contributed by atoms with Gasteiger partial charge in [0.25, 0.3) is 0 Å². The molecule has 2 heterocycles. The summed E-state index contributed by atoms with van der Waals surface area (Å²) < 4.78 is 15.0. The lowest BCUT2D eigenvalue weighted by Gasteiger charge is -2.09. The van der Waals surface area contributed by atoms with Gasteiger partial charge in [0.15, 0.2) is 19.1 Å². The smallest absolute Gasteiger partial charge is 0.345 e. The Labute approximate surface area is 178 Å². The summed E-state index contributed by atoms with van der Waals surface area (Å²) in [7, 11) is 1.87. The molecule has 0 aliphatic heterocycles. The predicted octanol–water partition coefficient (Wildman–Crippen LogP) is 5.13. The fraction of sp³-hybridized carbons (Fsp3) is 0.200. The van der Waals surface area contributed by atoms with Crippen molar-refractivity contribution in [1.29, 1.82) is 0 Å². The van der Waals surface area contributed by atoms with Crippen molar-refractivity contribution in [1.82, 2.24) is 4.57 Å². The molecule has 4 aromatic rings. The van der Waals surface area contributed by atoms with E-state index in [0.717, 1.165) is 22.2 Å². The lowest BCUT2D eigenvalue weighted by molar-refractivity contribution is -0.671. The van der Waals surface area contributed by atoms with E-state index in [9.17, 15) is 4.79 Å². The Kier molecular flexibility index (Phi) is 7.76. The molecule has 0 fully saturated rings. The minimum atomic E-state index is -0.346. The highest BCUT2D eigenvalue weighted by Crippen LogP contribution is 2.23. The maximum absolute atomic E-state index is 12.2. The molecule has 0 spiro atoms. The second kappa shape index (κ2) is 10.3. The molecule has 30 heavy (non-hydrogen) atoms. The minimum absolute atomic E-state index is 0. The molecule has 0 unspecified atom stereocenters. The molecule has 0 N–H and O–H groups in total. The number of hydrogen-bond donors (Lipinski definition) is 0. The monoisotopic (exact) mass is 405 g/mol. The van der Waals surface area contributed by atoms with Crippen LogP contribution in [0.15, 0.2) is 85.3 Å². The van der Waals surface area contributed by atoms with Crippen molar-refractivity contribution in [2.75, 3.05) is 0 Å². The van der Waals surface area contributed by atoms with Gasteiger partial charge in [-0.3, -0.25) is 0 Å². The third-order valence-corrected chi connectivity index (χ3v) is 4.50. The molecule has 0 atom stereocenters. The Morgan fingerprint density at radius 1 is 1.00 bits per heavy atom. The average molecular weight is 406 g/mol. The van der Waals surface area contributed by atoms with Crippen LogP contribution in [0.1, 0.15) is 30.8 Å². The number of aryl methyl sites for hydroxylation is 1. The lowest BCUT2D eigenvalue weighted by Crippen LogP contribution is -2.28. The Morgan fingerprint density at radius 3 is 2.57 bits per heavy atom. The molecule has 0 saturated heterocycles. The van der Waals surface area contributed by atoms with Gasteiger partial charge in [-0.25, -0.2) is 9.36 Å². The van der Waals surface area contributed by atoms with Gasteiger partial charge in [0.05, 0.1) is 5.52 Å². The molecule has 0 aliphatic carbocycles. The number of pyridine rings is 1. The summed E-state index contributed by atoms with van der Waals surface area (Å²) in [6.45, 7) is 0.685. The molecule has 0 aliphatic rings. The average Bonchev–Trinajstić information content (AvgIpc) is 3.13. The molecule has 2 aromatic heterocycles. The number of esters is 1. The molecule has 0 amide bonds. The molecular weight excluding hydrogens is 376 g/mol. The van der Waals surface area contributed by atoms with E-state index in [1.807, 2.05) is 89.2 Å². The van der Waals surface area contributed by atoms with E-state index in [4.69, 9.17) is 9.47 Å². The van der Waals surface area contributed by atoms with Crippen molar-refractivity contribution in [3.8, 4) is 5.75 Å². The van der Waals surface area contributed by atoms with Crippen molar-refractivity contribution in [3.05, 3.63) is 96.4 Å². The molecule has 0 radical (unpaired) electrons. The summed E-state index contributed by atoms with van der Waals surface area (Å²) in [5.74, 6) is 0.462. The van der Waals surface area contributed by atoms with E-state index in [0.29, 0.717) is 12.2 Å². The molecule has 4 rings (SSSR count). The third-order valence-electron chi connectivity index (χ3n) is 4.50. The van der Waals surface area contributed by atoms with Gasteiger partial charge in [0, 0.05) is 17.6 Å². The normalized spacial score (nSPS) is 10.0. The first-order valence-corrected chi connectivity index (χ1v) is 9.07. The number of carbonyl (C=O) groups excluding carboxylic acids is 1. The van der Waals surface area contributed by atoms with Crippen LogP contribution < -0.4 is 9.30 Å². The van der Waals surface area contributed by atoms with Gasteiger partial charge in [-0.1, -0.05) is 45.2 Å². The highest BCUT2D eigenvalue weighted by molar-refractivity contribution is 5.88. The summed E-state index contributed by atoms with van der Waals surface area (Å²) in [5.41, 5.74) is 2.64. The number of aromatic nitrogens is 2. The van der Waals surface area contributed by atoms with Crippen molar-refractivity contribution < 1.29 is 18.8 Å². The van der Waals surface area contributed by atoms with Gasteiger partial charge in [0.2, 0.25) is 0 Å². The van der Waals surface area contributed by atoms with Crippen LogP contribution in [0, 0.1) is 0 Å². The topological polar surface area (TPSA) is 44.3 Å².